The minimum atomic E-state index is -0.900. The maximum atomic E-state index is 13.6. The summed E-state index contributed by atoms with van der Waals surface area (Å²) in [4.78, 5) is 26.4. The Kier molecular flexibility index (Phi) is 7.28. The van der Waals surface area contributed by atoms with Crippen LogP contribution in [-0.4, -0.2) is 30.0 Å². The summed E-state index contributed by atoms with van der Waals surface area (Å²) in [5.74, 6) is -0.446. The first-order valence-corrected chi connectivity index (χ1v) is 11.6. The molecule has 2 amide bonds. The number of amides is 2. The smallest absolute Gasteiger partial charge is 0.411 e. The molecule has 7 heteroatoms. The maximum absolute atomic E-state index is 13.6. The molecule has 2 aromatic carbocycles. The van der Waals surface area contributed by atoms with Crippen molar-refractivity contribution in [2.75, 3.05) is 13.1 Å². The van der Waals surface area contributed by atoms with Gasteiger partial charge in [-0.2, -0.15) is 0 Å². The van der Waals surface area contributed by atoms with Crippen molar-refractivity contribution in [1.29, 1.82) is 0 Å². The highest BCUT2D eigenvalue weighted by Crippen LogP contribution is 2.44. The van der Waals surface area contributed by atoms with Gasteiger partial charge in [0.25, 0.3) is 0 Å². The maximum Gasteiger partial charge on any atom is 0.411 e. The summed E-state index contributed by atoms with van der Waals surface area (Å²) < 4.78 is 20.8. The first kappa shape index (κ1) is 24.2. The number of cyclic esters (lactones) is 1. The van der Waals surface area contributed by atoms with Gasteiger partial charge in [0.15, 0.2) is 0 Å². The summed E-state index contributed by atoms with van der Waals surface area (Å²) in [5, 5.41) is 2.86. The monoisotopic (exact) mass is 504 g/mol. The van der Waals surface area contributed by atoms with Crippen LogP contribution in [0.15, 0.2) is 53.0 Å². The Labute approximate surface area is 197 Å². The molecule has 1 fully saturated rings. The zero-order valence-electron chi connectivity index (χ0n) is 19.0. The highest BCUT2D eigenvalue weighted by molar-refractivity contribution is 9.10. The van der Waals surface area contributed by atoms with Crippen LogP contribution in [-0.2, 0) is 15.1 Å². The topological polar surface area (TPSA) is 58.6 Å². The summed E-state index contributed by atoms with van der Waals surface area (Å²) in [5.41, 5.74) is 0.534. The van der Waals surface area contributed by atoms with Gasteiger partial charge in [-0.15, -0.1) is 0 Å². The lowest BCUT2D eigenvalue weighted by molar-refractivity contribution is -0.120. The van der Waals surface area contributed by atoms with E-state index in [1.807, 2.05) is 45.0 Å². The van der Waals surface area contributed by atoms with Crippen LogP contribution in [0.3, 0.4) is 0 Å². The third-order valence-electron chi connectivity index (χ3n) is 6.04. The molecule has 3 rings (SSSR count). The second-order valence-corrected chi connectivity index (χ2v) is 10.2. The summed E-state index contributed by atoms with van der Waals surface area (Å²) in [6.07, 6.45) is 0.665. The van der Waals surface area contributed by atoms with Gasteiger partial charge in [-0.3, -0.25) is 4.79 Å². The fourth-order valence-corrected chi connectivity index (χ4v) is 4.59. The number of nitrogens with zero attached hydrogens (tertiary/aromatic N) is 1. The van der Waals surface area contributed by atoms with E-state index in [-0.39, 0.29) is 23.2 Å². The third kappa shape index (κ3) is 5.68. The lowest BCUT2D eigenvalue weighted by Crippen LogP contribution is -2.51. The molecule has 1 aliphatic rings. The zero-order chi connectivity index (χ0) is 23.5. The fourth-order valence-electron chi connectivity index (χ4n) is 4.32. The number of halogens is 2. The Morgan fingerprint density at radius 1 is 1.22 bits per heavy atom. The fraction of sp³-hybridized carbons (Fsp3) is 0.440. The summed E-state index contributed by atoms with van der Waals surface area (Å²) in [6, 6.07) is 13.9. The predicted molar refractivity (Wildman–Crippen MR) is 126 cm³/mol. The van der Waals surface area contributed by atoms with Gasteiger partial charge in [0.1, 0.15) is 11.4 Å². The number of benzene rings is 2. The molecule has 1 heterocycles. The average Bonchev–Trinajstić information content (AvgIpc) is 2.73. The molecule has 1 aliphatic heterocycles. The second kappa shape index (κ2) is 9.61. The lowest BCUT2D eigenvalue weighted by atomic mass is 9.74. The Bertz CT molecular complexity index is 962. The highest BCUT2D eigenvalue weighted by Gasteiger charge is 2.46. The molecule has 1 saturated heterocycles. The van der Waals surface area contributed by atoms with Crippen LogP contribution in [0.4, 0.5) is 9.18 Å². The van der Waals surface area contributed by atoms with Crippen molar-refractivity contribution in [2.24, 2.45) is 5.41 Å². The number of nitrogens with one attached hydrogen (secondary N) is 1. The van der Waals surface area contributed by atoms with E-state index in [4.69, 9.17) is 4.74 Å². The van der Waals surface area contributed by atoms with Crippen LogP contribution < -0.4 is 5.32 Å². The van der Waals surface area contributed by atoms with Crippen LogP contribution in [0.1, 0.15) is 57.7 Å². The molecular formula is C25H30BrFN2O3. The Balaban J connectivity index is 1.87. The first-order valence-electron chi connectivity index (χ1n) is 10.8. The van der Waals surface area contributed by atoms with Gasteiger partial charge in [0, 0.05) is 30.9 Å². The normalized spacial score (nSPS) is 19.9. The van der Waals surface area contributed by atoms with Gasteiger partial charge in [-0.05, 0) is 54.2 Å². The molecule has 2 aromatic rings. The van der Waals surface area contributed by atoms with Gasteiger partial charge in [-0.25, -0.2) is 9.18 Å². The summed E-state index contributed by atoms with van der Waals surface area (Å²) in [7, 11) is 0. The van der Waals surface area contributed by atoms with Crippen LogP contribution in [0.25, 0.3) is 0 Å². The second-order valence-electron chi connectivity index (χ2n) is 9.29. The Hall–Kier alpha value is -2.41. The van der Waals surface area contributed by atoms with E-state index >= 15 is 0 Å². The molecule has 0 radical (unpaired) electrons. The number of ether oxygens (including phenoxy) is 1. The predicted octanol–water partition coefficient (Wildman–Crippen LogP) is 5.94. The van der Waals surface area contributed by atoms with Gasteiger partial charge in [-0.1, -0.05) is 54.0 Å². The SMILES string of the molecule is CC(=O)NCC(C)(C)CC1(c2ccc(F)cc2)CCN([C@@H](C)c2ccc(Br)cc2)C(=O)O1. The molecule has 0 aromatic heterocycles. The minimum absolute atomic E-state index is 0.107. The van der Waals surface area contributed by atoms with Gasteiger partial charge >= 0.3 is 6.09 Å². The van der Waals surface area contributed by atoms with Crippen molar-refractivity contribution in [2.45, 2.75) is 52.2 Å². The summed E-state index contributed by atoms with van der Waals surface area (Å²) in [6.45, 7) is 8.47. The molecule has 0 saturated carbocycles. The first-order chi connectivity index (χ1) is 15.0. The van der Waals surface area contributed by atoms with Crippen molar-refractivity contribution in [3.8, 4) is 0 Å². The number of rotatable bonds is 7. The quantitative estimate of drug-likeness (QED) is 0.507. The van der Waals surface area contributed by atoms with Crippen molar-refractivity contribution in [3.05, 3.63) is 69.9 Å². The molecule has 2 atom stereocenters. The Morgan fingerprint density at radius 3 is 2.41 bits per heavy atom. The number of hydrogen-bond donors (Lipinski definition) is 1. The van der Waals surface area contributed by atoms with Gasteiger partial charge in [0.2, 0.25) is 5.91 Å². The number of carbonyl (C=O) groups excluding carboxylic acids is 2. The largest absolute Gasteiger partial charge is 0.438 e. The van der Waals surface area contributed by atoms with Crippen molar-refractivity contribution in [1.82, 2.24) is 10.2 Å². The van der Waals surface area contributed by atoms with Gasteiger partial charge in [0.05, 0.1) is 6.04 Å². The highest BCUT2D eigenvalue weighted by atomic mass is 79.9. The third-order valence-corrected chi connectivity index (χ3v) is 6.57. The van der Waals surface area contributed by atoms with E-state index in [9.17, 15) is 14.0 Å². The van der Waals surface area contributed by atoms with Crippen LogP contribution >= 0.6 is 15.9 Å². The zero-order valence-corrected chi connectivity index (χ0v) is 20.5. The molecule has 172 valence electrons. The van der Waals surface area contributed by atoms with Crippen LogP contribution in [0.5, 0.6) is 0 Å². The van der Waals surface area contributed by atoms with Crippen LogP contribution in [0, 0.1) is 11.2 Å². The lowest BCUT2D eigenvalue weighted by Gasteiger charge is -2.46. The van der Waals surface area contributed by atoms with Crippen molar-refractivity contribution in [3.63, 3.8) is 0 Å². The van der Waals surface area contributed by atoms with Crippen molar-refractivity contribution < 1.29 is 18.7 Å². The van der Waals surface area contributed by atoms with E-state index in [1.165, 1.54) is 19.1 Å². The molecule has 0 bridgehead atoms. The molecule has 0 spiro atoms. The van der Waals surface area contributed by atoms with E-state index < -0.39 is 11.7 Å². The average molecular weight is 505 g/mol. The standard InChI is InChI=1S/C25H30BrFN2O3/c1-17(19-5-9-21(26)10-6-19)29-14-13-25(32-23(29)31,20-7-11-22(27)12-8-20)15-24(3,4)16-28-18(2)30/h5-12,17H,13-16H2,1-4H3,(H,28,30)/t17-,25?/m0/s1. The molecule has 1 N–H and O–H groups in total. The molecule has 5 nitrogen and oxygen atoms in total. The minimum Gasteiger partial charge on any atom is -0.438 e. The van der Waals surface area contributed by atoms with E-state index in [1.54, 1.807) is 17.0 Å². The molecule has 0 aliphatic carbocycles. The van der Waals surface area contributed by atoms with Gasteiger partial charge < -0.3 is 15.0 Å². The number of carbonyl (C=O) groups is 2. The molecule has 1 unspecified atom stereocenters. The molecular weight excluding hydrogens is 475 g/mol. The van der Waals surface area contributed by atoms with E-state index in [0.29, 0.717) is 25.9 Å². The molecule has 32 heavy (non-hydrogen) atoms. The van der Waals surface area contributed by atoms with Crippen molar-refractivity contribution >= 4 is 27.9 Å². The summed E-state index contributed by atoms with van der Waals surface area (Å²) >= 11 is 3.44. The Morgan fingerprint density at radius 2 is 1.84 bits per heavy atom. The van der Waals surface area contributed by atoms with E-state index in [0.717, 1.165) is 15.6 Å². The number of hydrogen-bond acceptors (Lipinski definition) is 3. The van der Waals surface area contributed by atoms with E-state index in [2.05, 4.69) is 21.2 Å². The van der Waals surface area contributed by atoms with Crippen LogP contribution in [0.2, 0.25) is 0 Å².